The number of aromatic amines is 1. The number of pyridine rings is 1. The van der Waals surface area contributed by atoms with Crippen molar-refractivity contribution in [2.75, 3.05) is 0 Å². The molecule has 4 aromatic rings. The molecule has 1 atom stereocenters. The van der Waals surface area contributed by atoms with Crippen LogP contribution in [0.1, 0.15) is 11.1 Å². The molecule has 2 heterocycles. The van der Waals surface area contributed by atoms with E-state index in [0.717, 1.165) is 26.6 Å². The van der Waals surface area contributed by atoms with E-state index in [1.165, 1.54) is 0 Å². The number of nitrogens with zero attached hydrogens (tertiary/aromatic N) is 1. The van der Waals surface area contributed by atoms with Crippen molar-refractivity contribution in [2.45, 2.75) is 5.60 Å². The molecule has 2 aromatic heterocycles. The van der Waals surface area contributed by atoms with Crippen LogP contribution in [-0.4, -0.2) is 21.0 Å². The fraction of sp³-hybridized carbons (Fsp3) is 0.0476. The van der Waals surface area contributed by atoms with Crippen LogP contribution in [0.4, 0.5) is 0 Å². The number of hydrogen-bond donors (Lipinski definition) is 3. The topological polar surface area (TPSA) is 92.0 Å². The first kappa shape index (κ1) is 17.5. The lowest BCUT2D eigenvalue weighted by molar-refractivity contribution is -0.133. The highest BCUT2D eigenvalue weighted by molar-refractivity contribution is 9.10. The molecule has 0 aliphatic heterocycles. The number of H-pyrrole nitrogens is 1. The van der Waals surface area contributed by atoms with E-state index in [2.05, 4.69) is 25.9 Å². The zero-order valence-electron chi connectivity index (χ0n) is 14.2. The highest BCUT2D eigenvalue weighted by atomic mass is 79.9. The molecule has 0 aliphatic carbocycles. The van der Waals surface area contributed by atoms with Crippen molar-refractivity contribution in [3.05, 3.63) is 88.7 Å². The maximum absolute atomic E-state index is 12.2. The van der Waals surface area contributed by atoms with Gasteiger partial charge < -0.3 is 15.8 Å². The predicted octanol–water partition coefficient (Wildman–Crippen LogP) is 3.71. The van der Waals surface area contributed by atoms with Crippen LogP contribution in [0.3, 0.4) is 0 Å². The quantitative estimate of drug-likeness (QED) is 0.468. The van der Waals surface area contributed by atoms with Crippen LogP contribution in [0.5, 0.6) is 0 Å². The summed E-state index contributed by atoms with van der Waals surface area (Å²) in [6.45, 7) is 0. The fourth-order valence-corrected chi connectivity index (χ4v) is 3.59. The number of carbonyl (C=O) groups excluding carboxylic acids is 1. The van der Waals surface area contributed by atoms with E-state index in [-0.39, 0.29) is 0 Å². The largest absolute Gasteiger partial charge is 0.372 e. The molecule has 0 spiro atoms. The van der Waals surface area contributed by atoms with Crippen LogP contribution in [0.15, 0.2) is 77.5 Å². The van der Waals surface area contributed by atoms with E-state index in [4.69, 9.17) is 5.73 Å². The van der Waals surface area contributed by atoms with Crippen LogP contribution >= 0.6 is 15.9 Å². The van der Waals surface area contributed by atoms with Crippen molar-refractivity contribution in [1.82, 2.24) is 9.97 Å². The van der Waals surface area contributed by atoms with Gasteiger partial charge in [0.1, 0.15) is 5.65 Å². The number of aromatic nitrogens is 2. The second kappa shape index (κ2) is 6.64. The van der Waals surface area contributed by atoms with Crippen molar-refractivity contribution in [1.29, 1.82) is 0 Å². The van der Waals surface area contributed by atoms with Crippen LogP contribution in [-0.2, 0) is 10.4 Å². The summed E-state index contributed by atoms with van der Waals surface area (Å²) in [6.07, 6.45) is 3.58. The molecule has 5 nitrogen and oxygen atoms in total. The Morgan fingerprint density at radius 2 is 1.81 bits per heavy atom. The lowest BCUT2D eigenvalue weighted by Gasteiger charge is -2.26. The van der Waals surface area contributed by atoms with Gasteiger partial charge in [0, 0.05) is 27.8 Å². The van der Waals surface area contributed by atoms with E-state index < -0.39 is 11.5 Å². The second-order valence-corrected chi connectivity index (χ2v) is 7.19. The molecule has 2 aromatic carbocycles. The van der Waals surface area contributed by atoms with Gasteiger partial charge in [-0.05, 0) is 44.8 Å². The molecule has 27 heavy (non-hydrogen) atoms. The summed E-state index contributed by atoms with van der Waals surface area (Å²) < 4.78 is 0.866. The van der Waals surface area contributed by atoms with E-state index >= 15 is 0 Å². The maximum Gasteiger partial charge on any atom is 0.258 e. The first-order valence-electron chi connectivity index (χ1n) is 8.31. The molecule has 0 saturated carbocycles. The molecular weight excluding hydrogens is 406 g/mol. The summed E-state index contributed by atoms with van der Waals surface area (Å²) in [4.78, 5) is 19.7. The Morgan fingerprint density at radius 3 is 2.56 bits per heavy atom. The Kier molecular flexibility index (Phi) is 4.30. The van der Waals surface area contributed by atoms with E-state index in [0.29, 0.717) is 11.1 Å². The summed E-state index contributed by atoms with van der Waals surface area (Å²) in [6, 6.07) is 17.9. The number of nitrogens with two attached hydrogens (primary N) is 1. The molecule has 0 bridgehead atoms. The third-order valence-corrected chi connectivity index (χ3v) is 5.07. The first-order valence-corrected chi connectivity index (χ1v) is 9.11. The van der Waals surface area contributed by atoms with E-state index in [1.807, 2.05) is 24.4 Å². The molecular formula is C21H16BrN3O2. The smallest absolute Gasteiger partial charge is 0.258 e. The third kappa shape index (κ3) is 2.93. The standard InChI is InChI=1S/C21H16BrN3O2/c22-16-10-17-18(12-25-19(17)24-11-16)13-5-4-8-15(9-13)21(27,20(23)26)14-6-2-1-3-7-14/h1-12,27H,(H2,23,26)(H,24,25). The zero-order chi connectivity index (χ0) is 19.0. The van der Waals surface area contributed by atoms with Gasteiger partial charge in [-0.3, -0.25) is 4.79 Å². The Hall–Kier alpha value is -2.96. The number of amides is 1. The Labute approximate surface area is 164 Å². The van der Waals surface area contributed by atoms with Crippen molar-refractivity contribution < 1.29 is 9.90 Å². The van der Waals surface area contributed by atoms with Crippen LogP contribution in [0, 0.1) is 0 Å². The van der Waals surface area contributed by atoms with Gasteiger partial charge in [0.2, 0.25) is 0 Å². The predicted molar refractivity (Wildman–Crippen MR) is 108 cm³/mol. The molecule has 4 rings (SSSR count). The normalized spacial score (nSPS) is 13.4. The molecule has 0 aliphatic rings. The first-order chi connectivity index (χ1) is 13.0. The van der Waals surface area contributed by atoms with Crippen molar-refractivity contribution >= 4 is 32.9 Å². The molecule has 1 amide bonds. The minimum atomic E-state index is -1.91. The number of carbonyl (C=O) groups is 1. The van der Waals surface area contributed by atoms with Gasteiger partial charge in [-0.15, -0.1) is 0 Å². The number of nitrogens with one attached hydrogen (secondary N) is 1. The number of benzene rings is 2. The number of fused-ring (bicyclic) bond motifs is 1. The van der Waals surface area contributed by atoms with E-state index in [1.54, 1.807) is 48.7 Å². The van der Waals surface area contributed by atoms with Gasteiger partial charge in [-0.25, -0.2) is 4.98 Å². The van der Waals surface area contributed by atoms with Gasteiger partial charge >= 0.3 is 0 Å². The van der Waals surface area contributed by atoms with Crippen molar-refractivity contribution in [2.24, 2.45) is 5.73 Å². The van der Waals surface area contributed by atoms with Gasteiger partial charge in [0.05, 0.1) is 0 Å². The van der Waals surface area contributed by atoms with Crippen LogP contribution in [0.2, 0.25) is 0 Å². The van der Waals surface area contributed by atoms with E-state index in [9.17, 15) is 9.90 Å². The molecule has 0 saturated heterocycles. The van der Waals surface area contributed by atoms with Gasteiger partial charge in [0.15, 0.2) is 5.60 Å². The summed E-state index contributed by atoms with van der Waals surface area (Å²) in [5.41, 5.74) is 7.05. The second-order valence-electron chi connectivity index (χ2n) is 6.27. The maximum atomic E-state index is 12.2. The average molecular weight is 422 g/mol. The molecule has 6 heteroatoms. The van der Waals surface area contributed by atoms with Gasteiger partial charge in [-0.2, -0.15) is 0 Å². The highest BCUT2D eigenvalue weighted by Crippen LogP contribution is 2.34. The zero-order valence-corrected chi connectivity index (χ0v) is 15.8. The van der Waals surface area contributed by atoms with Crippen LogP contribution < -0.4 is 5.73 Å². The number of rotatable bonds is 4. The number of halogens is 1. The number of primary amides is 1. The molecule has 1 unspecified atom stereocenters. The minimum Gasteiger partial charge on any atom is -0.372 e. The lowest BCUT2D eigenvalue weighted by atomic mass is 9.84. The Morgan fingerprint density at radius 1 is 1.07 bits per heavy atom. The van der Waals surface area contributed by atoms with Gasteiger partial charge in [0.25, 0.3) is 5.91 Å². The monoisotopic (exact) mass is 421 g/mol. The van der Waals surface area contributed by atoms with Crippen LogP contribution in [0.25, 0.3) is 22.2 Å². The van der Waals surface area contributed by atoms with Crippen molar-refractivity contribution in [3.63, 3.8) is 0 Å². The molecule has 134 valence electrons. The summed E-state index contributed by atoms with van der Waals surface area (Å²) in [7, 11) is 0. The molecule has 0 radical (unpaired) electrons. The van der Waals surface area contributed by atoms with Crippen molar-refractivity contribution in [3.8, 4) is 11.1 Å². The Bertz CT molecular complexity index is 1140. The van der Waals surface area contributed by atoms with Gasteiger partial charge in [-0.1, -0.05) is 48.5 Å². The Balaban J connectivity index is 1.89. The summed E-state index contributed by atoms with van der Waals surface area (Å²) in [5, 5.41) is 12.1. The third-order valence-electron chi connectivity index (χ3n) is 4.64. The SMILES string of the molecule is NC(=O)C(O)(c1ccccc1)c1cccc(-c2c[nH]c3ncc(Br)cc23)c1. The molecule has 4 N–H and O–H groups in total. The minimum absolute atomic E-state index is 0.413. The number of aliphatic hydroxyl groups is 1. The summed E-state index contributed by atoms with van der Waals surface area (Å²) >= 11 is 3.44. The molecule has 0 fully saturated rings. The average Bonchev–Trinajstić information content (AvgIpc) is 3.11. The highest BCUT2D eigenvalue weighted by Gasteiger charge is 2.38. The number of hydrogen-bond acceptors (Lipinski definition) is 3. The summed E-state index contributed by atoms with van der Waals surface area (Å²) in [5.74, 6) is -0.825. The fourth-order valence-electron chi connectivity index (χ4n) is 3.26. The lowest BCUT2D eigenvalue weighted by Crippen LogP contribution is -2.42.